The molecular weight excluding hydrogens is 242 g/mol. The summed E-state index contributed by atoms with van der Waals surface area (Å²) in [6, 6.07) is 5.05. The molecule has 0 radical (unpaired) electrons. The topological polar surface area (TPSA) is 98.2 Å². The summed E-state index contributed by atoms with van der Waals surface area (Å²) in [5, 5.41) is 2.85. The molecule has 1 aliphatic carbocycles. The van der Waals surface area contributed by atoms with Gasteiger partial charge in [-0.25, -0.2) is 0 Å². The number of rotatable bonds is 3. The summed E-state index contributed by atoms with van der Waals surface area (Å²) in [4.78, 5) is 23.4. The minimum Gasteiger partial charge on any atom is -0.366 e. The first-order valence-electron chi connectivity index (χ1n) is 6.46. The van der Waals surface area contributed by atoms with Crippen LogP contribution in [-0.2, 0) is 4.79 Å². The zero-order chi connectivity index (χ0) is 14.0. The first-order valence-corrected chi connectivity index (χ1v) is 6.46. The number of carbonyl (C=O) groups is 2. The van der Waals surface area contributed by atoms with Gasteiger partial charge in [0.15, 0.2) is 0 Å². The van der Waals surface area contributed by atoms with Gasteiger partial charge in [-0.3, -0.25) is 9.59 Å². The molecule has 2 rings (SSSR count). The fraction of sp³-hybridized carbons (Fsp3) is 0.429. The van der Waals surface area contributed by atoms with Crippen LogP contribution in [0.25, 0.3) is 0 Å². The third-order valence-electron chi connectivity index (χ3n) is 3.76. The van der Waals surface area contributed by atoms with Gasteiger partial charge in [-0.05, 0) is 37.5 Å². The normalized spacial score (nSPS) is 22.2. The van der Waals surface area contributed by atoms with Crippen LogP contribution in [-0.4, -0.2) is 17.9 Å². The van der Waals surface area contributed by atoms with Crippen LogP contribution in [0.5, 0.6) is 0 Å². The van der Waals surface area contributed by atoms with Crippen LogP contribution < -0.4 is 16.8 Å². The smallest absolute Gasteiger partial charge is 0.249 e. The number of hydrogen-bond donors (Lipinski definition) is 3. The van der Waals surface area contributed by atoms with E-state index >= 15 is 0 Å². The van der Waals surface area contributed by atoms with E-state index in [0.717, 1.165) is 19.3 Å². The van der Waals surface area contributed by atoms with E-state index in [9.17, 15) is 9.59 Å². The van der Waals surface area contributed by atoms with E-state index in [1.165, 1.54) is 0 Å². The Morgan fingerprint density at radius 3 is 2.63 bits per heavy atom. The minimum absolute atomic E-state index is 0.0698. The van der Waals surface area contributed by atoms with Gasteiger partial charge in [0.05, 0.1) is 5.92 Å². The summed E-state index contributed by atoms with van der Waals surface area (Å²) >= 11 is 0. The van der Waals surface area contributed by atoms with E-state index in [2.05, 4.69) is 5.32 Å². The molecule has 1 aromatic rings. The fourth-order valence-electron chi connectivity index (χ4n) is 2.58. The van der Waals surface area contributed by atoms with Gasteiger partial charge in [-0.15, -0.1) is 0 Å². The number of nitrogens with one attached hydrogen (secondary N) is 1. The molecule has 19 heavy (non-hydrogen) atoms. The molecule has 2 atom stereocenters. The third-order valence-corrected chi connectivity index (χ3v) is 3.76. The van der Waals surface area contributed by atoms with E-state index in [-0.39, 0.29) is 17.9 Å². The Kier molecular flexibility index (Phi) is 3.85. The standard InChI is InChI=1S/C14H19N3O2/c1-8-9(13(16)18)4-3-7-12(8)17-14(19)10-5-2-6-11(10)15/h3-4,7,10-11H,2,5-6,15H2,1H3,(H2,16,18)(H,17,19). The highest BCUT2D eigenvalue weighted by Gasteiger charge is 2.30. The summed E-state index contributed by atoms with van der Waals surface area (Å²) in [6.07, 6.45) is 2.69. The average molecular weight is 261 g/mol. The molecule has 102 valence electrons. The monoisotopic (exact) mass is 261 g/mol. The molecule has 1 saturated carbocycles. The Labute approximate surface area is 112 Å². The minimum atomic E-state index is -0.494. The van der Waals surface area contributed by atoms with E-state index in [1.54, 1.807) is 25.1 Å². The summed E-state index contributed by atoms with van der Waals surface area (Å²) in [7, 11) is 0. The molecule has 5 N–H and O–H groups in total. The number of anilines is 1. The fourth-order valence-corrected chi connectivity index (χ4v) is 2.58. The van der Waals surface area contributed by atoms with Crippen LogP contribution in [0, 0.1) is 12.8 Å². The number of primary amides is 1. The lowest BCUT2D eigenvalue weighted by Gasteiger charge is -2.17. The highest BCUT2D eigenvalue weighted by atomic mass is 16.2. The number of amides is 2. The largest absolute Gasteiger partial charge is 0.366 e. The molecule has 0 saturated heterocycles. The maximum Gasteiger partial charge on any atom is 0.249 e. The van der Waals surface area contributed by atoms with Gasteiger partial charge in [-0.1, -0.05) is 12.5 Å². The quantitative estimate of drug-likeness (QED) is 0.761. The molecule has 5 nitrogen and oxygen atoms in total. The van der Waals surface area contributed by atoms with Crippen molar-refractivity contribution in [2.75, 3.05) is 5.32 Å². The molecule has 1 aromatic carbocycles. The first-order chi connectivity index (χ1) is 9.00. The van der Waals surface area contributed by atoms with Crippen molar-refractivity contribution in [3.05, 3.63) is 29.3 Å². The Hall–Kier alpha value is -1.88. The highest BCUT2D eigenvalue weighted by molar-refractivity contribution is 5.99. The van der Waals surface area contributed by atoms with E-state index < -0.39 is 5.91 Å². The molecule has 0 bridgehead atoms. The van der Waals surface area contributed by atoms with Gasteiger partial charge in [0.25, 0.3) is 0 Å². The van der Waals surface area contributed by atoms with Crippen LogP contribution in [0.15, 0.2) is 18.2 Å². The van der Waals surface area contributed by atoms with Gasteiger partial charge in [0.2, 0.25) is 11.8 Å². The van der Waals surface area contributed by atoms with E-state index in [1.807, 2.05) is 0 Å². The number of benzene rings is 1. The number of carbonyl (C=O) groups excluding carboxylic acids is 2. The van der Waals surface area contributed by atoms with Crippen LogP contribution in [0.2, 0.25) is 0 Å². The van der Waals surface area contributed by atoms with Crippen molar-refractivity contribution >= 4 is 17.5 Å². The number of nitrogens with two attached hydrogens (primary N) is 2. The molecule has 0 aliphatic heterocycles. The van der Waals surface area contributed by atoms with Gasteiger partial charge >= 0.3 is 0 Å². The van der Waals surface area contributed by atoms with E-state index in [4.69, 9.17) is 11.5 Å². The van der Waals surface area contributed by atoms with Crippen molar-refractivity contribution in [2.24, 2.45) is 17.4 Å². The Morgan fingerprint density at radius 2 is 2.05 bits per heavy atom. The van der Waals surface area contributed by atoms with Gasteiger partial charge in [0, 0.05) is 17.3 Å². The van der Waals surface area contributed by atoms with Crippen LogP contribution in [0.4, 0.5) is 5.69 Å². The number of hydrogen-bond acceptors (Lipinski definition) is 3. The van der Waals surface area contributed by atoms with Gasteiger partial charge < -0.3 is 16.8 Å². The second-order valence-corrected chi connectivity index (χ2v) is 5.03. The second-order valence-electron chi connectivity index (χ2n) is 5.03. The van der Waals surface area contributed by atoms with Crippen molar-refractivity contribution in [1.29, 1.82) is 0 Å². The van der Waals surface area contributed by atoms with Crippen LogP contribution in [0.1, 0.15) is 35.2 Å². The van der Waals surface area contributed by atoms with Crippen molar-refractivity contribution in [1.82, 2.24) is 0 Å². The Bertz CT molecular complexity index is 513. The van der Waals surface area contributed by atoms with Crippen molar-refractivity contribution in [3.63, 3.8) is 0 Å². The van der Waals surface area contributed by atoms with Crippen molar-refractivity contribution in [2.45, 2.75) is 32.2 Å². The van der Waals surface area contributed by atoms with Crippen molar-refractivity contribution in [3.8, 4) is 0 Å². The molecular formula is C14H19N3O2. The Morgan fingerprint density at radius 1 is 1.32 bits per heavy atom. The maximum absolute atomic E-state index is 12.2. The molecule has 2 amide bonds. The lowest BCUT2D eigenvalue weighted by molar-refractivity contribution is -0.120. The van der Waals surface area contributed by atoms with Crippen LogP contribution >= 0.6 is 0 Å². The summed E-state index contributed by atoms with van der Waals surface area (Å²) in [6.45, 7) is 1.77. The van der Waals surface area contributed by atoms with Crippen LogP contribution in [0.3, 0.4) is 0 Å². The van der Waals surface area contributed by atoms with E-state index in [0.29, 0.717) is 16.8 Å². The third kappa shape index (κ3) is 2.76. The molecule has 5 heteroatoms. The maximum atomic E-state index is 12.2. The summed E-state index contributed by atoms with van der Waals surface area (Å²) in [5.41, 5.74) is 12.9. The predicted octanol–water partition coefficient (Wildman–Crippen LogP) is 1.16. The molecule has 0 aromatic heterocycles. The molecule has 1 fully saturated rings. The molecule has 0 heterocycles. The first kappa shape index (κ1) is 13.5. The predicted molar refractivity (Wildman–Crippen MR) is 73.6 cm³/mol. The zero-order valence-corrected chi connectivity index (χ0v) is 11.0. The lowest BCUT2D eigenvalue weighted by atomic mass is 10.0. The zero-order valence-electron chi connectivity index (χ0n) is 11.0. The van der Waals surface area contributed by atoms with Gasteiger partial charge in [-0.2, -0.15) is 0 Å². The molecule has 0 spiro atoms. The molecule has 2 unspecified atom stereocenters. The summed E-state index contributed by atoms with van der Waals surface area (Å²) in [5.74, 6) is -0.711. The Balaban J connectivity index is 2.17. The average Bonchev–Trinajstić information content (AvgIpc) is 2.77. The molecule has 1 aliphatic rings. The van der Waals surface area contributed by atoms with Crippen molar-refractivity contribution < 1.29 is 9.59 Å². The highest BCUT2D eigenvalue weighted by Crippen LogP contribution is 2.26. The SMILES string of the molecule is Cc1c(NC(=O)C2CCCC2N)cccc1C(N)=O. The second kappa shape index (κ2) is 5.40. The van der Waals surface area contributed by atoms with Gasteiger partial charge in [0.1, 0.15) is 0 Å². The summed E-state index contributed by atoms with van der Waals surface area (Å²) < 4.78 is 0. The lowest BCUT2D eigenvalue weighted by Crippen LogP contribution is -2.34.